The molecule has 0 aromatic heterocycles. The van der Waals surface area contributed by atoms with E-state index in [-0.39, 0.29) is 21.7 Å². The number of aliphatic hydroxyl groups is 4. The van der Waals surface area contributed by atoms with Crippen LogP contribution in [0.4, 0.5) is 0 Å². The van der Waals surface area contributed by atoms with E-state index in [4.69, 9.17) is 20.4 Å². The van der Waals surface area contributed by atoms with Crippen molar-refractivity contribution in [1.82, 2.24) is 0 Å². The Morgan fingerprint density at radius 1 is 0.947 bits per heavy atom. The van der Waals surface area contributed by atoms with E-state index in [0.717, 1.165) is 25.7 Å². The molecule has 0 spiro atoms. The van der Waals surface area contributed by atoms with Crippen molar-refractivity contribution in [3.05, 3.63) is 0 Å². The average molecular weight is 314 g/mol. The molecule has 19 heavy (non-hydrogen) atoms. The topological polar surface area (TPSA) is 80.9 Å². The van der Waals surface area contributed by atoms with E-state index in [1.165, 1.54) is 0 Å². The molecule has 0 aliphatic rings. The first-order valence-electron chi connectivity index (χ1n) is 6.87. The van der Waals surface area contributed by atoms with Gasteiger partial charge in [0, 0.05) is 41.4 Å². The van der Waals surface area contributed by atoms with Crippen LogP contribution in [0.25, 0.3) is 0 Å². The third-order valence-corrected chi connectivity index (χ3v) is 1.82. The minimum atomic E-state index is -0.728. The van der Waals surface area contributed by atoms with Crippen LogP contribution in [-0.4, -0.2) is 45.3 Å². The van der Waals surface area contributed by atoms with E-state index in [2.05, 4.69) is 13.8 Å². The third-order valence-electron chi connectivity index (χ3n) is 1.82. The van der Waals surface area contributed by atoms with E-state index < -0.39 is 11.7 Å². The number of unbranched alkanes of at least 4 members (excludes halogenated alkanes) is 2. The summed E-state index contributed by atoms with van der Waals surface area (Å²) in [6.45, 7) is 9.82. The molecule has 0 radical (unpaired) electrons. The van der Waals surface area contributed by atoms with Gasteiger partial charge in [0.05, 0.1) is 11.7 Å². The summed E-state index contributed by atoms with van der Waals surface area (Å²) in [6, 6.07) is 0. The molecule has 0 aromatic rings. The quantitative estimate of drug-likeness (QED) is 0.566. The second kappa shape index (κ2) is 20.9. The normalized spacial score (nSPS) is 11.2. The van der Waals surface area contributed by atoms with Crippen LogP contribution in [0.3, 0.4) is 0 Å². The van der Waals surface area contributed by atoms with Gasteiger partial charge in [0.15, 0.2) is 0 Å². The van der Waals surface area contributed by atoms with E-state index in [9.17, 15) is 0 Å². The van der Waals surface area contributed by atoms with Crippen LogP contribution in [-0.2, 0) is 21.7 Å². The summed E-state index contributed by atoms with van der Waals surface area (Å²) in [4.78, 5) is 0. The first-order valence-corrected chi connectivity index (χ1v) is 6.87. The van der Waals surface area contributed by atoms with Crippen molar-refractivity contribution in [2.75, 3.05) is 13.2 Å². The zero-order chi connectivity index (χ0) is 15.0. The molecule has 0 bridgehead atoms. The van der Waals surface area contributed by atoms with Gasteiger partial charge in [-0.1, -0.05) is 26.7 Å². The third kappa shape index (κ3) is 55.7. The molecule has 118 valence electrons. The van der Waals surface area contributed by atoms with Crippen molar-refractivity contribution in [3.63, 3.8) is 0 Å². The van der Waals surface area contributed by atoms with Crippen molar-refractivity contribution in [2.24, 2.45) is 0 Å². The Bertz CT molecular complexity index is 126. The van der Waals surface area contributed by atoms with Gasteiger partial charge in [0.2, 0.25) is 0 Å². The first-order chi connectivity index (χ1) is 8.24. The predicted molar refractivity (Wildman–Crippen MR) is 76.6 cm³/mol. The Kier molecular flexibility index (Phi) is 30.6. The van der Waals surface area contributed by atoms with Crippen molar-refractivity contribution >= 4 is 0 Å². The number of aliphatic hydroxyl groups excluding tert-OH is 3. The zero-order valence-electron chi connectivity index (χ0n) is 13.3. The summed E-state index contributed by atoms with van der Waals surface area (Å²) >= 11 is 0. The van der Waals surface area contributed by atoms with E-state index in [0.29, 0.717) is 19.6 Å². The average Bonchev–Trinajstić information content (AvgIpc) is 2.18. The molecule has 1 unspecified atom stereocenters. The molecular weight excluding hydrogens is 280 g/mol. The molecule has 0 aliphatic carbocycles. The molecule has 0 saturated carbocycles. The summed E-state index contributed by atoms with van der Waals surface area (Å²) in [7, 11) is 0. The summed E-state index contributed by atoms with van der Waals surface area (Å²) < 4.78 is 0. The number of rotatable bonds is 6. The number of hydrogen-bond donors (Lipinski definition) is 4. The zero-order valence-corrected chi connectivity index (χ0v) is 14.9. The number of hydrogen-bond acceptors (Lipinski definition) is 4. The van der Waals surface area contributed by atoms with Crippen molar-refractivity contribution in [3.8, 4) is 0 Å². The Balaban J connectivity index is -0.0000000906. The predicted octanol–water partition coefficient (Wildman–Crippen LogP) is 2.08. The molecule has 0 aromatic carbocycles. The maximum absolute atomic E-state index is 9.03. The monoisotopic (exact) mass is 314 g/mol. The molecule has 0 aliphatic heterocycles. The van der Waals surface area contributed by atoms with Crippen molar-refractivity contribution in [1.29, 1.82) is 0 Å². The summed E-state index contributed by atoms with van der Waals surface area (Å²) in [6.07, 6.45) is 4.11. The Hall–Kier alpha value is 0.554. The van der Waals surface area contributed by atoms with Crippen LogP contribution in [0.2, 0.25) is 0 Å². The molecule has 0 rings (SSSR count). The minimum absolute atomic E-state index is 0. The van der Waals surface area contributed by atoms with E-state index in [1.54, 1.807) is 20.8 Å². The van der Waals surface area contributed by atoms with Crippen LogP contribution in [0.1, 0.15) is 66.7 Å². The van der Waals surface area contributed by atoms with Crippen LogP contribution in [0.15, 0.2) is 0 Å². The van der Waals surface area contributed by atoms with Gasteiger partial charge >= 0.3 is 0 Å². The second-order valence-corrected chi connectivity index (χ2v) is 5.02. The Labute approximate surface area is 134 Å². The van der Waals surface area contributed by atoms with Gasteiger partial charge in [0.1, 0.15) is 0 Å². The maximum atomic E-state index is 9.03. The molecule has 4 N–H and O–H groups in total. The van der Waals surface area contributed by atoms with Gasteiger partial charge in [-0.25, -0.2) is 0 Å². The molecule has 0 amide bonds. The van der Waals surface area contributed by atoms with Crippen LogP contribution < -0.4 is 0 Å². The molecular formula is C14H34O4Ti. The molecule has 0 saturated heterocycles. The van der Waals surface area contributed by atoms with Crippen LogP contribution >= 0.6 is 0 Å². The van der Waals surface area contributed by atoms with Crippen molar-refractivity contribution < 1.29 is 42.1 Å². The fraction of sp³-hybridized carbons (Fsp3) is 1.00. The van der Waals surface area contributed by atoms with Gasteiger partial charge < -0.3 is 20.4 Å². The van der Waals surface area contributed by atoms with Gasteiger partial charge in [0.25, 0.3) is 0 Å². The van der Waals surface area contributed by atoms with Gasteiger partial charge in [-0.15, -0.1) is 0 Å². The summed E-state index contributed by atoms with van der Waals surface area (Å²) in [5, 5.41) is 33.9. The standard InChI is InChI=1S/C6H14O2.2C4H10O.Ti/c1-5(7)4-6(2,3)8;2*1-2-3-4-5;/h5,7-8H,4H2,1-3H3;2*5H,2-4H2,1H3;. The van der Waals surface area contributed by atoms with Crippen LogP contribution in [0.5, 0.6) is 0 Å². The largest absolute Gasteiger partial charge is 0.396 e. The smallest absolute Gasteiger partial charge is 0.0616 e. The van der Waals surface area contributed by atoms with Crippen molar-refractivity contribution in [2.45, 2.75) is 78.4 Å². The van der Waals surface area contributed by atoms with Gasteiger partial charge in [-0.2, -0.15) is 0 Å². The summed E-state index contributed by atoms with van der Waals surface area (Å²) in [5.41, 5.74) is -0.728. The molecule has 4 nitrogen and oxygen atoms in total. The van der Waals surface area contributed by atoms with Gasteiger partial charge in [-0.05, 0) is 33.6 Å². The summed E-state index contributed by atoms with van der Waals surface area (Å²) in [5.74, 6) is 0. The Morgan fingerprint density at radius 3 is 1.26 bits per heavy atom. The van der Waals surface area contributed by atoms with E-state index >= 15 is 0 Å². The molecule has 0 fully saturated rings. The van der Waals surface area contributed by atoms with Gasteiger partial charge in [-0.3, -0.25) is 0 Å². The fourth-order valence-corrected chi connectivity index (χ4v) is 1.04. The molecule has 1 atom stereocenters. The molecule has 0 heterocycles. The first kappa shape index (κ1) is 27.8. The molecule has 5 heteroatoms. The van der Waals surface area contributed by atoms with E-state index in [1.807, 2.05) is 0 Å². The maximum Gasteiger partial charge on any atom is 0.0616 e. The second-order valence-electron chi connectivity index (χ2n) is 5.02. The Morgan fingerprint density at radius 2 is 1.26 bits per heavy atom. The van der Waals surface area contributed by atoms with Crippen LogP contribution in [0, 0.1) is 0 Å². The minimum Gasteiger partial charge on any atom is -0.396 e. The fourth-order valence-electron chi connectivity index (χ4n) is 1.04. The SMILES string of the molecule is CC(O)CC(C)(C)O.CCCCO.CCCCO.[Ti].